The first-order chi connectivity index (χ1) is 11.8. The number of hydrogen-bond acceptors (Lipinski definition) is 6. The fraction of sp³-hybridized carbons (Fsp3) is 0. The van der Waals surface area contributed by atoms with E-state index in [0.29, 0.717) is 5.82 Å². The van der Waals surface area contributed by atoms with Gasteiger partial charge in [0.15, 0.2) is 0 Å². The molecule has 0 unspecified atom stereocenters. The molecule has 0 radical (unpaired) electrons. The third-order valence-corrected chi connectivity index (χ3v) is 4.17. The lowest BCUT2D eigenvalue weighted by atomic mass is 10.2. The maximum absolute atomic E-state index is 12.1. The Morgan fingerprint density at radius 1 is 1.32 bits per heavy atom. The lowest BCUT2D eigenvalue weighted by molar-refractivity contribution is -0.112. The van der Waals surface area contributed by atoms with Crippen molar-refractivity contribution in [2.45, 2.75) is 4.90 Å². The second-order valence-corrected chi connectivity index (χ2v) is 6.97. The molecule has 0 saturated heterocycles. The fourth-order valence-corrected chi connectivity index (χ4v) is 2.45. The Hall–Kier alpha value is -2.74. The minimum absolute atomic E-state index is 0.114. The van der Waals surface area contributed by atoms with E-state index in [2.05, 4.69) is 31.5 Å². The second kappa shape index (κ2) is 7.89. The molecule has 0 aliphatic carbocycles. The van der Waals surface area contributed by atoms with E-state index in [1.165, 1.54) is 24.4 Å². The minimum Gasteiger partial charge on any atom is -0.345 e. The summed E-state index contributed by atoms with van der Waals surface area (Å²) >= 11 is 3.24. The van der Waals surface area contributed by atoms with E-state index in [4.69, 9.17) is 9.81 Å². The Balaban J connectivity index is 2.14. The predicted molar refractivity (Wildman–Crippen MR) is 94.1 cm³/mol. The number of nitriles is 1. The maximum atomic E-state index is 12.1. The molecule has 1 amide bonds. The standard InChI is InChI=1S/C15H11BrN4O4S/c16-11-4-5-14(19-9-11)18-8-10(7-17)15(21)20-12-2-1-3-13(6-12)25(22,23)24/h1-6,8-9H,(H,18,19)(H,20,21)(H,22,23,24)/b10-8-. The molecule has 128 valence electrons. The van der Waals surface area contributed by atoms with E-state index in [-0.39, 0.29) is 16.2 Å². The van der Waals surface area contributed by atoms with E-state index < -0.39 is 16.0 Å². The van der Waals surface area contributed by atoms with Gasteiger partial charge >= 0.3 is 0 Å². The molecule has 0 spiro atoms. The van der Waals surface area contributed by atoms with Crippen LogP contribution in [0.4, 0.5) is 11.5 Å². The van der Waals surface area contributed by atoms with E-state index >= 15 is 0 Å². The molecule has 0 bridgehead atoms. The van der Waals surface area contributed by atoms with Crippen LogP contribution in [0.3, 0.4) is 0 Å². The number of rotatable bonds is 5. The number of anilines is 2. The first-order valence-electron chi connectivity index (χ1n) is 6.67. The molecule has 0 aliphatic rings. The molecule has 8 nitrogen and oxygen atoms in total. The van der Waals surface area contributed by atoms with Gasteiger partial charge in [-0.3, -0.25) is 9.35 Å². The van der Waals surface area contributed by atoms with Crippen LogP contribution in [-0.4, -0.2) is 23.9 Å². The zero-order chi connectivity index (χ0) is 18.4. The number of hydrogen-bond donors (Lipinski definition) is 3. The average molecular weight is 423 g/mol. The van der Waals surface area contributed by atoms with Crippen LogP contribution in [0, 0.1) is 11.3 Å². The van der Waals surface area contributed by atoms with Crippen molar-refractivity contribution < 1.29 is 17.8 Å². The van der Waals surface area contributed by atoms with Crippen molar-refractivity contribution in [3.63, 3.8) is 0 Å². The Kier molecular flexibility index (Phi) is 5.87. The summed E-state index contributed by atoms with van der Waals surface area (Å²) in [7, 11) is -4.39. The Bertz CT molecular complexity index is 966. The Morgan fingerprint density at radius 2 is 2.08 bits per heavy atom. The molecule has 0 saturated carbocycles. The summed E-state index contributed by atoms with van der Waals surface area (Å²) in [4.78, 5) is 15.8. The van der Waals surface area contributed by atoms with E-state index in [1.54, 1.807) is 24.4 Å². The lowest BCUT2D eigenvalue weighted by Crippen LogP contribution is -2.15. The molecule has 0 fully saturated rings. The maximum Gasteiger partial charge on any atom is 0.294 e. The number of carbonyl (C=O) groups excluding carboxylic acids is 1. The van der Waals surface area contributed by atoms with Crippen molar-refractivity contribution in [2.24, 2.45) is 0 Å². The van der Waals surface area contributed by atoms with Crippen LogP contribution in [0.15, 0.2) is 63.7 Å². The highest BCUT2D eigenvalue weighted by Gasteiger charge is 2.13. The Morgan fingerprint density at radius 3 is 2.68 bits per heavy atom. The molecule has 1 heterocycles. The van der Waals surface area contributed by atoms with Gasteiger partial charge in [-0.25, -0.2) is 4.98 Å². The first kappa shape index (κ1) is 18.6. The van der Waals surface area contributed by atoms with Crippen molar-refractivity contribution in [1.29, 1.82) is 5.26 Å². The molecule has 0 atom stereocenters. The van der Waals surface area contributed by atoms with Crippen molar-refractivity contribution in [2.75, 3.05) is 10.6 Å². The summed E-state index contributed by atoms with van der Waals surface area (Å²) in [5.74, 6) is -0.322. The van der Waals surface area contributed by atoms with Gasteiger partial charge in [0, 0.05) is 22.6 Å². The van der Waals surface area contributed by atoms with Crippen molar-refractivity contribution in [1.82, 2.24) is 4.98 Å². The molecule has 1 aromatic heterocycles. The lowest BCUT2D eigenvalue weighted by Gasteiger charge is -2.06. The predicted octanol–water partition coefficient (Wildman–Crippen LogP) is 2.55. The van der Waals surface area contributed by atoms with Crippen LogP contribution in [0.5, 0.6) is 0 Å². The quantitative estimate of drug-likeness (QED) is 0.383. The molecule has 2 aromatic rings. The summed E-state index contributed by atoms with van der Waals surface area (Å²) in [5, 5.41) is 14.2. The minimum atomic E-state index is -4.39. The summed E-state index contributed by atoms with van der Waals surface area (Å²) in [6, 6.07) is 10.1. The van der Waals surface area contributed by atoms with Gasteiger partial charge in [-0.15, -0.1) is 0 Å². The average Bonchev–Trinajstić information content (AvgIpc) is 2.56. The highest BCUT2D eigenvalue weighted by molar-refractivity contribution is 9.10. The van der Waals surface area contributed by atoms with Crippen LogP contribution < -0.4 is 10.6 Å². The zero-order valence-corrected chi connectivity index (χ0v) is 14.9. The normalized spacial score (nSPS) is 11.5. The van der Waals surface area contributed by atoms with Gasteiger partial charge in [0.1, 0.15) is 17.5 Å². The molecule has 3 N–H and O–H groups in total. The number of nitrogens with one attached hydrogen (secondary N) is 2. The molecule has 0 aliphatic heterocycles. The number of halogens is 1. The molecule has 10 heteroatoms. The summed E-state index contributed by atoms with van der Waals surface area (Å²) < 4.78 is 32.0. The monoisotopic (exact) mass is 422 g/mol. The summed E-state index contributed by atoms with van der Waals surface area (Å²) in [6.07, 6.45) is 2.72. The van der Waals surface area contributed by atoms with E-state index in [0.717, 1.165) is 10.5 Å². The number of aromatic nitrogens is 1. The van der Waals surface area contributed by atoms with Crippen molar-refractivity contribution in [3.8, 4) is 6.07 Å². The van der Waals surface area contributed by atoms with Gasteiger partial charge in [-0.2, -0.15) is 13.7 Å². The molecule has 1 aromatic carbocycles. The summed E-state index contributed by atoms with van der Waals surface area (Å²) in [6.45, 7) is 0. The van der Waals surface area contributed by atoms with Gasteiger partial charge in [0.25, 0.3) is 16.0 Å². The fourth-order valence-electron chi connectivity index (χ4n) is 1.69. The van der Waals surface area contributed by atoms with E-state index in [9.17, 15) is 13.2 Å². The Labute approximate surface area is 152 Å². The van der Waals surface area contributed by atoms with Crippen LogP contribution in [-0.2, 0) is 14.9 Å². The van der Waals surface area contributed by atoms with Crippen molar-refractivity contribution >= 4 is 43.5 Å². The molecular weight excluding hydrogens is 412 g/mol. The topological polar surface area (TPSA) is 132 Å². The van der Waals surface area contributed by atoms with Crippen LogP contribution in [0.2, 0.25) is 0 Å². The molecular formula is C15H11BrN4O4S. The highest BCUT2D eigenvalue weighted by Crippen LogP contribution is 2.16. The number of benzene rings is 1. The number of amides is 1. The molecule has 2 rings (SSSR count). The third-order valence-electron chi connectivity index (χ3n) is 2.85. The SMILES string of the molecule is N#C/C(=C/Nc1ccc(Br)cn1)C(=O)Nc1cccc(S(=O)(=O)O)c1. The highest BCUT2D eigenvalue weighted by atomic mass is 79.9. The summed E-state index contributed by atoms with van der Waals surface area (Å²) in [5.41, 5.74) is -0.134. The first-order valence-corrected chi connectivity index (χ1v) is 8.90. The van der Waals surface area contributed by atoms with Crippen molar-refractivity contribution in [3.05, 3.63) is 58.8 Å². The zero-order valence-electron chi connectivity index (χ0n) is 12.5. The van der Waals surface area contributed by atoms with Crippen LogP contribution >= 0.6 is 15.9 Å². The largest absolute Gasteiger partial charge is 0.345 e. The smallest absolute Gasteiger partial charge is 0.294 e. The van der Waals surface area contributed by atoms with Gasteiger partial charge < -0.3 is 10.6 Å². The van der Waals surface area contributed by atoms with Crippen LogP contribution in [0.1, 0.15) is 0 Å². The van der Waals surface area contributed by atoms with Gasteiger partial charge in [0.05, 0.1) is 4.90 Å². The van der Waals surface area contributed by atoms with Gasteiger partial charge in [-0.05, 0) is 46.3 Å². The third kappa shape index (κ3) is 5.39. The number of pyridine rings is 1. The van der Waals surface area contributed by atoms with Gasteiger partial charge in [0.2, 0.25) is 0 Å². The van der Waals surface area contributed by atoms with Gasteiger partial charge in [-0.1, -0.05) is 6.07 Å². The van der Waals surface area contributed by atoms with E-state index in [1.807, 2.05) is 0 Å². The van der Waals surface area contributed by atoms with Crippen LogP contribution in [0.25, 0.3) is 0 Å². The second-order valence-electron chi connectivity index (χ2n) is 4.63. The number of carbonyl (C=O) groups is 1. The molecule has 25 heavy (non-hydrogen) atoms. The number of nitrogens with zero attached hydrogens (tertiary/aromatic N) is 2.